The van der Waals surface area contributed by atoms with Crippen molar-refractivity contribution in [2.45, 2.75) is 0 Å². The first-order valence-electron chi connectivity index (χ1n) is 15.3. The lowest BCUT2D eigenvalue weighted by Gasteiger charge is -2.27. The topological polar surface area (TPSA) is 3.24 Å². The van der Waals surface area contributed by atoms with E-state index in [1.54, 1.807) is 0 Å². The van der Waals surface area contributed by atoms with E-state index in [4.69, 9.17) is 0 Å². The van der Waals surface area contributed by atoms with E-state index >= 15 is 0 Å². The van der Waals surface area contributed by atoms with Crippen molar-refractivity contribution in [3.63, 3.8) is 0 Å². The largest absolute Gasteiger partial charge is 0.310 e. The molecule has 0 aliphatic rings. The molecule has 0 fully saturated rings. The second-order valence-corrected chi connectivity index (χ2v) is 13.8. The number of anilines is 3. The van der Waals surface area contributed by atoms with Crippen LogP contribution >= 0.6 is 22.7 Å². The Morgan fingerprint density at radius 2 is 1.00 bits per heavy atom. The minimum absolute atomic E-state index is 1.15. The van der Waals surface area contributed by atoms with Crippen LogP contribution in [0, 0.1) is 0 Å². The zero-order valence-electron chi connectivity index (χ0n) is 24.2. The molecule has 10 aromatic rings. The number of hydrogen-bond donors (Lipinski definition) is 0. The fourth-order valence-corrected chi connectivity index (χ4v) is 9.61. The first-order valence-corrected chi connectivity index (χ1v) is 16.9. The molecule has 0 aliphatic heterocycles. The van der Waals surface area contributed by atoms with Gasteiger partial charge in [-0.25, -0.2) is 0 Å². The van der Waals surface area contributed by atoms with Crippen LogP contribution in [-0.4, -0.2) is 0 Å². The molecular weight excluding hydrogens is 583 g/mol. The highest BCUT2D eigenvalue weighted by Gasteiger charge is 2.19. The normalized spacial score (nSPS) is 12.0. The van der Waals surface area contributed by atoms with Crippen molar-refractivity contribution >= 4 is 112 Å². The van der Waals surface area contributed by atoms with Gasteiger partial charge in [0.25, 0.3) is 0 Å². The van der Waals surface area contributed by atoms with Gasteiger partial charge in [0.2, 0.25) is 0 Å². The van der Waals surface area contributed by atoms with Crippen LogP contribution in [0.4, 0.5) is 17.1 Å². The van der Waals surface area contributed by atoms with Gasteiger partial charge in [0.15, 0.2) is 0 Å². The zero-order chi connectivity index (χ0) is 29.5. The summed E-state index contributed by atoms with van der Waals surface area (Å²) in [6.07, 6.45) is 0. The first kappa shape index (κ1) is 25.1. The van der Waals surface area contributed by atoms with Gasteiger partial charge in [0.05, 0.1) is 5.69 Å². The fraction of sp³-hybridized carbons (Fsp3) is 0. The maximum atomic E-state index is 2.43. The molecule has 0 saturated carbocycles. The quantitative estimate of drug-likeness (QED) is 0.181. The average molecular weight is 608 g/mol. The molecule has 2 aromatic heterocycles. The summed E-state index contributed by atoms with van der Waals surface area (Å²) >= 11 is 3.78. The Balaban J connectivity index is 1.26. The average Bonchev–Trinajstić information content (AvgIpc) is 3.67. The minimum Gasteiger partial charge on any atom is -0.310 e. The lowest BCUT2D eigenvalue weighted by molar-refractivity contribution is 1.31. The van der Waals surface area contributed by atoms with Crippen molar-refractivity contribution < 1.29 is 0 Å². The minimum atomic E-state index is 1.15. The number of rotatable bonds is 3. The summed E-state index contributed by atoms with van der Waals surface area (Å²) in [7, 11) is 0. The second kappa shape index (κ2) is 9.64. The van der Waals surface area contributed by atoms with Gasteiger partial charge in [-0.05, 0) is 75.5 Å². The first-order chi connectivity index (χ1) is 22.3. The fourth-order valence-electron chi connectivity index (χ4n) is 7.22. The van der Waals surface area contributed by atoms with Crippen molar-refractivity contribution in [1.82, 2.24) is 0 Å². The zero-order valence-corrected chi connectivity index (χ0v) is 25.8. The number of hydrogen-bond acceptors (Lipinski definition) is 3. The molecule has 3 heteroatoms. The summed E-state index contributed by atoms with van der Waals surface area (Å²) in [6, 6.07) is 55.8. The van der Waals surface area contributed by atoms with Gasteiger partial charge < -0.3 is 4.90 Å². The van der Waals surface area contributed by atoms with Gasteiger partial charge in [-0.1, -0.05) is 103 Å². The van der Waals surface area contributed by atoms with Gasteiger partial charge in [0.1, 0.15) is 0 Å². The molecule has 2 heterocycles. The standard InChI is InChI=1S/C42H25NS2/c1-2-9-29(10-3-1)43(35-13-8-16-38-41(35)34-12-5-7-15-37(34)44-38)30-22-24-31-28(25-30)20-19-26-17-18-27-21-23-33-32-11-4-6-14-36(32)45-42(33)40(27)39(26)31/h1-25H. The summed E-state index contributed by atoms with van der Waals surface area (Å²) in [4.78, 5) is 2.43. The van der Waals surface area contributed by atoms with E-state index in [1.807, 2.05) is 22.7 Å². The molecule has 210 valence electrons. The highest BCUT2D eigenvalue weighted by atomic mass is 32.1. The van der Waals surface area contributed by atoms with E-state index < -0.39 is 0 Å². The Morgan fingerprint density at radius 3 is 1.84 bits per heavy atom. The molecule has 0 amide bonds. The van der Waals surface area contributed by atoms with Crippen molar-refractivity contribution in [1.29, 1.82) is 0 Å². The third-order valence-corrected chi connectivity index (χ3v) is 11.5. The monoisotopic (exact) mass is 607 g/mol. The summed E-state index contributed by atoms with van der Waals surface area (Å²) in [6.45, 7) is 0. The van der Waals surface area contributed by atoms with Crippen LogP contribution in [0.15, 0.2) is 152 Å². The third-order valence-electron chi connectivity index (χ3n) is 9.20. The summed E-state index contributed by atoms with van der Waals surface area (Å²) < 4.78 is 5.34. The van der Waals surface area contributed by atoms with Crippen LogP contribution in [0.3, 0.4) is 0 Å². The second-order valence-electron chi connectivity index (χ2n) is 11.7. The smallest absolute Gasteiger partial charge is 0.0554 e. The SMILES string of the molecule is c1ccc(N(c2ccc3c(ccc4ccc5ccc6c7ccccc7sc6c5c43)c2)c2cccc3sc4ccccc4c23)cc1. The lowest BCUT2D eigenvalue weighted by Crippen LogP contribution is -2.10. The Labute approximate surface area is 267 Å². The Hall–Kier alpha value is -5.22. The van der Waals surface area contributed by atoms with Crippen LogP contribution in [0.1, 0.15) is 0 Å². The van der Waals surface area contributed by atoms with E-state index in [9.17, 15) is 0 Å². The van der Waals surface area contributed by atoms with E-state index in [0.717, 1.165) is 11.4 Å². The molecule has 0 bridgehead atoms. The predicted molar refractivity (Wildman–Crippen MR) is 199 cm³/mol. The van der Waals surface area contributed by atoms with Gasteiger partial charge >= 0.3 is 0 Å². The number of para-hydroxylation sites is 1. The van der Waals surface area contributed by atoms with Crippen LogP contribution in [0.5, 0.6) is 0 Å². The Morgan fingerprint density at radius 1 is 0.356 bits per heavy atom. The lowest BCUT2D eigenvalue weighted by atomic mass is 9.95. The molecule has 1 nitrogen and oxygen atoms in total. The molecule has 0 N–H and O–H groups in total. The third kappa shape index (κ3) is 3.72. The van der Waals surface area contributed by atoms with Crippen LogP contribution in [-0.2, 0) is 0 Å². The Bertz CT molecular complexity index is 2770. The molecule has 0 atom stereocenters. The van der Waals surface area contributed by atoms with E-state index in [0.29, 0.717) is 0 Å². The predicted octanol–water partition coefficient (Wildman–Crippen LogP) is 13.4. The summed E-state index contributed by atoms with van der Waals surface area (Å²) in [5, 5.41) is 13.1. The Kier molecular flexibility index (Phi) is 5.39. The van der Waals surface area contributed by atoms with Crippen LogP contribution in [0.25, 0.3) is 72.7 Å². The highest BCUT2D eigenvalue weighted by molar-refractivity contribution is 7.27. The van der Waals surface area contributed by atoms with Gasteiger partial charge in [-0.15, -0.1) is 22.7 Å². The van der Waals surface area contributed by atoms with Crippen molar-refractivity contribution in [2.24, 2.45) is 0 Å². The van der Waals surface area contributed by atoms with Crippen LogP contribution < -0.4 is 4.90 Å². The van der Waals surface area contributed by atoms with Gasteiger partial charge in [0, 0.05) is 57.1 Å². The van der Waals surface area contributed by atoms with E-state index in [1.165, 1.54) is 78.3 Å². The number of fused-ring (bicyclic) bond motifs is 12. The maximum absolute atomic E-state index is 2.43. The van der Waals surface area contributed by atoms with E-state index in [2.05, 4.69) is 157 Å². The molecule has 0 saturated heterocycles. The molecule has 45 heavy (non-hydrogen) atoms. The molecular formula is C42H25NS2. The van der Waals surface area contributed by atoms with E-state index in [-0.39, 0.29) is 0 Å². The molecule has 0 aliphatic carbocycles. The number of thiophene rings is 2. The van der Waals surface area contributed by atoms with Gasteiger partial charge in [-0.3, -0.25) is 0 Å². The highest BCUT2D eigenvalue weighted by Crippen LogP contribution is 2.47. The maximum Gasteiger partial charge on any atom is 0.0554 e. The molecule has 10 rings (SSSR count). The molecule has 8 aromatic carbocycles. The van der Waals surface area contributed by atoms with Gasteiger partial charge in [-0.2, -0.15) is 0 Å². The summed E-state index contributed by atoms with van der Waals surface area (Å²) in [5.41, 5.74) is 3.51. The molecule has 0 radical (unpaired) electrons. The molecule has 0 spiro atoms. The number of nitrogens with zero attached hydrogens (tertiary/aromatic N) is 1. The molecule has 0 unspecified atom stereocenters. The van der Waals surface area contributed by atoms with Crippen molar-refractivity contribution in [2.75, 3.05) is 4.90 Å². The van der Waals surface area contributed by atoms with Crippen molar-refractivity contribution in [3.05, 3.63) is 152 Å². The number of benzene rings is 8. The van der Waals surface area contributed by atoms with Crippen molar-refractivity contribution in [3.8, 4) is 0 Å². The van der Waals surface area contributed by atoms with Crippen LogP contribution in [0.2, 0.25) is 0 Å². The summed E-state index contributed by atoms with van der Waals surface area (Å²) in [5.74, 6) is 0.